The molecule has 1 aliphatic rings. The van der Waals surface area contributed by atoms with Crippen LogP contribution in [-0.2, 0) is 4.79 Å². The molecule has 0 unspecified atom stereocenters. The summed E-state index contributed by atoms with van der Waals surface area (Å²) in [6.07, 6.45) is 3.52. The van der Waals surface area contributed by atoms with E-state index >= 15 is 0 Å². The molecule has 6 nitrogen and oxygen atoms in total. The first-order valence-electron chi connectivity index (χ1n) is 9.68. The number of thioether (sulfide) groups is 1. The SMILES string of the molecule is COc1cccc(Nc2nnc(S[C@H](C)C(=O)N[C@@H]3CCC[C@H](C)[C@H]3C)s2)c1. The number of methoxy groups -OCH3 is 1. The zero-order valence-electron chi connectivity index (χ0n) is 16.8. The third kappa shape index (κ3) is 5.38. The maximum absolute atomic E-state index is 12.6. The van der Waals surface area contributed by atoms with Crippen LogP contribution in [0.15, 0.2) is 28.6 Å². The highest BCUT2D eigenvalue weighted by Crippen LogP contribution is 2.32. The summed E-state index contributed by atoms with van der Waals surface area (Å²) in [6.45, 7) is 6.45. The van der Waals surface area contributed by atoms with E-state index in [0.717, 1.165) is 22.2 Å². The van der Waals surface area contributed by atoms with E-state index in [1.165, 1.54) is 35.9 Å². The fourth-order valence-electron chi connectivity index (χ4n) is 3.42. The molecule has 1 aromatic heterocycles. The van der Waals surface area contributed by atoms with Gasteiger partial charge in [-0.2, -0.15) is 0 Å². The van der Waals surface area contributed by atoms with E-state index in [-0.39, 0.29) is 17.2 Å². The van der Waals surface area contributed by atoms with Crippen LogP contribution in [0.25, 0.3) is 0 Å². The minimum atomic E-state index is -0.206. The summed E-state index contributed by atoms with van der Waals surface area (Å²) in [5.74, 6) is 2.04. The lowest BCUT2D eigenvalue weighted by Gasteiger charge is -2.35. The largest absolute Gasteiger partial charge is 0.497 e. The van der Waals surface area contributed by atoms with Crippen LogP contribution in [0.2, 0.25) is 0 Å². The number of carbonyl (C=O) groups is 1. The number of anilines is 2. The minimum absolute atomic E-state index is 0.0773. The summed E-state index contributed by atoms with van der Waals surface area (Å²) in [6, 6.07) is 7.92. The van der Waals surface area contributed by atoms with Crippen molar-refractivity contribution in [2.45, 2.75) is 55.7 Å². The van der Waals surface area contributed by atoms with Crippen LogP contribution in [0.1, 0.15) is 40.0 Å². The van der Waals surface area contributed by atoms with E-state index in [9.17, 15) is 4.79 Å². The standard InChI is InChI=1S/C20H28N4O2S2/c1-12-7-5-10-17(13(12)2)22-18(25)14(3)27-20-24-23-19(28-20)21-15-8-6-9-16(11-15)26-4/h6,8-9,11-14,17H,5,7,10H2,1-4H3,(H,21,23)(H,22,25)/t12-,13+,14+,17+/m0/s1. The highest BCUT2D eigenvalue weighted by molar-refractivity contribution is 8.02. The second-order valence-corrected chi connectivity index (χ2v) is 9.94. The van der Waals surface area contributed by atoms with E-state index in [4.69, 9.17) is 4.74 Å². The average molecular weight is 421 g/mol. The Morgan fingerprint density at radius 1 is 1.32 bits per heavy atom. The van der Waals surface area contributed by atoms with Gasteiger partial charge in [0.2, 0.25) is 11.0 Å². The molecule has 0 saturated heterocycles. The topological polar surface area (TPSA) is 76.1 Å². The number of hydrogen-bond donors (Lipinski definition) is 2. The Morgan fingerprint density at radius 3 is 2.93 bits per heavy atom. The van der Waals surface area contributed by atoms with Gasteiger partial charge in [0.15, 0.2) is 4.34 Å². The smallest absolute Gasteiger partial charge is 0.233 e. The van der Waals surface area contributed by atoms with Crippen molar-refractivity contribution in [2.75, 3.05) is 12.4 Å². The molecule has 0 bridgehead atoms. The van der Waals surface area contributed by atoms with E-state index in [1.54, 1.807) is 7.11 Å². The van der Waals surface area contributed by atoms with E-state index in [1.807, 2.05) is 31.2 Å². The first-order chi connectivity index (χ1) is 13.5. The number of carbonyl (C=O) groups excluding carboxylic acids is 1. The molecule has 152 valence electrons. The Hall–Kier alpha value is -1.80. The highest BCUT2D eigenvalue weighted by atomic mass is 32.2. The van der Waals surface area contributed by atoms with Crippen LogP contribution >= 0.6 is 23.1 Å². The van der Waals surface area contributed by atoms with Gasteiger partial charge in [-0.1, -0.05) is 55.9 Å². The molecule has 1 aliphatic carbocycles. The van der Waals surface area contributed by atoms with Gasteiger partial charge >= 0.3 is 0 Å². The first-order valence-corrected chi connectivity index (χ1v) is 11.4. The summed E-state index contributed by atoms with van der Waals surface area (Å²) < 4.78 is 6.01. The van der Waals surface area contributed by atoms with Gasteiger partial charge in [0.1, 0.15) is 5.75 Å². The third-order valence-electron chi connectivity index (χ3n) is 5.41. The lowest BCUT2D eigenvalue weighted by Crippen LogP contribution is -2.46. The fourth-order valence-corrected chi connectivity index (χ4v) is 5.35. The predicted molar refractivity (Wildman–Crippen MR) is 116 cm³/mol. The molecular formula is C20H28N4O2S2. The molecule has 2 aromatic rings. The van der Waals surface area contributed by atoms with Gasteiger partial charge in [-0.15, -0.1) is 10.2 Å². The molecule has 28 heavy (non-hydrogen) atoms. The van der Waals surface area contributed by atoms with E-state index < -0.39 is 0 Å². The van der Waals surface area contributed by atoms with Gasteiger partial charge in [-0.3, -0.25) is 4.79 Å². The van der Waals surface area contributed by atoms with Crippen LogP contribution in [0.4, 0.5) is 10.8 Å². The molecule has 0 radical (unpaired) electrons. The number of ether oxygens (including phenoxy) is 1. The van der Waals surface area contributed by atoms with Gasteiger partial charge < -0.3 is 15.4 Å². The molecule has 3 rings (SSSR count). The Kier molecular flexibility index (Phi) is 7.18. The number of nitrogens with zero attached hydrogens (tertiary/aromatic N) is 2. The normalized spacial score (nSPS) is 23.1. The van der Waals surface area contributed by atoms with Crippen molar-refractivity contribution in [2.24, 2.45) is 11.8 Å². The van der Waals surface area contributed by atoms with Crippen LogP contribution in [0.3, 0.4) is 0 Å². The van der Waals surface area contributed by atoms with Crippen molar-refractivity contribution in [3.63, 3.8) is 0 Å². The van der Waals surface area contributed by atoms with Crippen LogP contribution < -0.4 is 15.4 Å². The quantitative estimate of drug-likeness (QED) is 0.632. The number of hydrogen-bond acceptors (Lipinski definition) is 7. The van der Waals surface area contributed by atoms with Gasteiger partial charge in [-0.25, -0.2) is 0 Å². The number of rotatable bonds is 7. The van der Waals surface area contributed by atoms with Crippen molar-refractivity contribution in [3.8, 4) is 5.75 Å². The molecule has 1 saturated carbocycles. The van der Waals surface area contributed by atoms with E-state index in [2.05, 4.69) is 34.7 Å². The number of benzene rings is 1. The predicted octanol–water partition coefficient (Wildman–Crippen LogP) is 4.71. The summed E-state index contributed by atoms with van der Waals surface area (Å²) in [7, 11) is 1.64. The van der Waals surface area contributed by atoms with Crippen LogP contribution in [0.5, 0.6) is 5.75 Å². The molecular weight excluding hydrogens is 392 g/mol. The molecule has 4 atom stereocenters. The molecule has 2 N–H and O–H groups in total. The second kappa shape index (κ2) is 9.60. The summed E-state index contributed by atoms with van der Waals surface area (Å²) >= 11 is 2.89. The lowest BCUT2D eigenvalue weighted by molar-refractivity contribution is -0.121. The first kappa shape index (κ1) is 20.9. The maximum Gasteiger partial charge on any atom is 0.233 e. The van der Waals surface area contributed by atoms with E-state index in [0.29, 0.717) is 17.0 Å². The molecule has 1 amide bonds. The van der Waals surface area contributed by atoms with Gasteiger partial charge in [0.05, 0.1) is 12.4 Å². The Bertz CT molecular complexity index is 798. The van der Waals surface area contributed by atoms with Crippen molar-refractivity contribution in [3.05, 3.63) is 24.3 Å². The molecule has 0 aliphatic heterocycles. The Morgan fingerprint density at radius 2 is 2.14 bits per heavy atom. The van der Waals surface area contributed by atoms with Crippen molar-refractivity contribution >= 4 is 39.8 Å². The second-order valence-electron chi connectivity index (χ2n) is 7.37. The van der Waals surface area contributed by atoms with Crippen LogP contribution in [-0.4, -0.2) is 34.5 Å². The zero-order chi connectivity index (χ0) is 20.1. The molecule has 0 spiro atoms. The molecule has 1 aromatic carbocycles. The monoisotopic (exact) mass is 420 g/mol. The van der Waals surface area contributed by atoms with Crippen LogP contribution in [0, 0.1) is 11.8 Å². The molecule has 1 fully saturated rings. The van der Waals surface area contributed by atoms with Gasteiger partial charge in [-0.05, 0) is 37.3 Å². The summed E-state index contributed by atoms with van der Waals surface area (Å²) in [4.78, 5) is 12.6. The Balaban J connectivity index is 1.54. The third-order valence-corrected chi connectivity index (χ3v) is 7.43. The van der Waals surface area contributed by atoms with Crippen molar-refractivity contribution in [1.29, 1.82) is 0 Å². The minimum Gasteiger partial charge on any atom is -0.497 e. The average Bonchev–Trinajstić information content (AvgIpc) is 3.12. The van der Waals surface area contributed by atoms with Crippen molar-refractivity contribution < 1.29 is 9.53 Å². The highest BCUT2D eigenvalue weighted by Gasteiger charge is 2.29. The zero-order valence-corrected chi connectivity index (χ0v) is 18.4. The Labute approximate surface area is 174 Å². The maximum atomic E-state index is 12.6. The van der Waals surface area contributed by atoms with Gasteiger partial charge in [0.25, 0.3) is 0 Å². The number of aromatic nitrogens is 2. The summed E-state index contributed by atoms with van der Waals surface area (Å²) in [5, 5.41) is 15.4. The number of amides is 1. The fraction of sp³-hybridized carbons (Fsp3) is 0.550. The number of nitrogens with one attached hydrogen (secondary N) is 2. The van der Waals surface area contributed by atoms with Crippen molar-refractivity contribution in [1.82, 2.24) is 15.5 Å². The summed E-state index contributed by atoms with van der Waals surface area (Å²) in [5.41, 5.74) is 0.887. The van der Waals surface area contributed by atoms with Gasteiger partial charge in [0, 0.05) is 17.8 Å². The lowest BCUT2D eigenvalue weighted by atomic mass is 9.78. The molecule has 8 heteroatoms. The molecule has 1 heterocycles.